The topological polar surface area (TPSA) is 41.6 Å². The molecule has 1 rings (SSSR count). The number of hydrogen-bond acceptors (Lipinski definition) is 3. The molecule has 0 aliphatic carbocycles. The summed E-state index contributed by atoms with van der Waals surface area (Å²) in [5.74, 6) is 0.105. The second kappa shape index (κ2) is 6.08. The lowest BCUT2D eigenvalue weighted by atomic mass is 10.1. The van der Waals surface area contributed by atoms with Crippen LogP contribution < -0.4 is 5.32 Å². The number of carbonyl (C=O) groups is 1. The van der Waals surface area contributed by atoms with Crippen molar-refractivity contribution in [3.05, 3.63) is 0 Å². The molecule has 4 nitrogen and oxygen atoms in total. The quantitative estimate of drug-likeness (QED) is 0.746. The van der Waals surface area contributed by atoms with Crippen LogP contribution in [0.25, 0.3) is 0 Å². The lowest BCUT2D eigenvalue weighted by Gasteiger charge is -2.35. The molecule has 1 aliphatic rings. The first-order chi connectivity index (χ1) is 7.20. The maximum absolute atomic E-state index is 12.0. The molecule has 0 aromatic heterocycles. The van der Waals surface area contributed by atoms with E-state index in [9.17, 15) is 4.79 Å². The number of methoxy groups -OCH3 is 1. The summed E-state index contributed by atoms with van der Waals surface area (Å²) in [4.78, 5) is 13.9. The molecule has 0 bridgehead atoms. The Labute approximate surface area is 92.0 Å². The molecule has 0 saturated carbocycles. The molecule has 1 N–H and O–H groups in total. The van der Waals surface area contributed by atoms with E-state index in [4.69, 9.17) is 4.74 Å². The van der Waals surface area contributed by atoms with Gasteiger partial charge in [-0.3, -0.25) is 4.79 Å². The first kappa shape index (κ1) is 12.5. The molecule has 0 spiro atoms. The highest BCUT2D eigenvalue weighted by Gasteiger charge is 2.26. The van der Waals surface area contributed by atoms with E-state index in [1.165, 1.54) is 0 Å². The molecule has 1 amide bonds. The van der Waals surface area contributed by atoms with E-state index in [-0.39, 0.29) is 12.0 Å². The van der Waals surface area contributed by atoms with Crippen molar-refractivity contribution in [2.75, 3.05) is 26.7 Å². The van der Waals surface area contributed by atoms with Crippen LogP contribution in [-0.4, -0.2) is 49.7 Å². The molecular formula is C11H22N2O2. The van der Waals surface area contributed by atoms with Crippen molar-refractivity contribution < 1.29 is 9.53 Å². The van der Waals surface area contributed by atoms with E-state index in [1.807, 2.05) is 11.8 Å². The number of hydrogen-bond donors (Lipinski definition) is 1. The van der Waals surface area contributed by atoms with E-state index in [1.54, 1.807) is 14.0 Å². The van der Waals surface area contributed by atoms with Gasteiger partial charge in [-0.15, -0.1) is 0 Å². The van der Waals surface area contributed by atoms with Gasteiger partial charge < -0.3 is 15.0 Å². The van der Waals surface area contributed by atoms with Gasteiger partial charge in [0.2, 0.25) is 0 Å². The molecule has 88 valence electrons. The van der Waals surface area contributed by atoms with Crippen LogP contribution in [0.1, 0.15) is 26.7 Å². The standard InChI is InChI=1S/C11H22N2O2/c1-4-13(11(14)9(2)15-3)10-6-5-7-12-8-10/h9-10,12H,4-8H2,1-3H3. The van der Waals surface area contributed by atoms with Crippen molar-refractivity contribution in [2.24, 2.45) is 0 Å². The molecule has 1 aliphatic heterocycles. The largest absolute Gasteiger partial charge is 0.372 e. The van der Waals surface area contributed by atoms with Crippen LogP contribution in [0.4, 0.5) is 0 Å². The zero-order valence-electron chi connectivity index (χ0n) is 9.95. The highest BCUT2D eigenvalue weighted by Crippen LogP contribution is 2.12. The second-order valence-corrected chi connectivity index (χ2v) is 4.00. The Morgan fingerprint density at radius 3 is 2.87 bits per heavy atom. The molecule has 1 saturated heterocycles. The van der Waals surface area contributed by atoms with Crippen LogP contribution in [0.3, 0.4) is 0 Å². The number of amides is 1. The minimum Gasteiger partial charge on any atom is -0.372 e. The third-order valence-electron chi connectivity index (χ3n) is 3.04. The van der Waals surface area contributed by atoms with Gasteiger partial charge in [-0.25, -0.2) is 0 Å². The van der Waals surface area contributed by atoms with E-state index in [0.29, 0.717) is 6.04 Å². The van der Waals surface area contributed by atoms with Crippen LogP contribution in [0.15, 0.2) is 0 Å². The van der Waals surface area contributed by atoms with Crippen LogP contribution in [-0.2, 0) is 9.53 Å². The Balaban J connectivity index is 2.56. The van der Waals surface area contributed by atoms with Crippen molar-refractivity contribution in [3.63, 3.8) is 0 Å². The van der Waals surface area contributed by atoms with Crippen molar-refractivity contribution in [3.8, 4) is 0 Å². The summed E-state index contributed by atoms with van der Waals surface area (Å²) in [6, 6.07) is 0.342. The predicted octanol–water partition coefficient (Wildman–Crippen LogP) is 0.622. The fraction of sp³-hybridized carbons (Fsp3) is 0.909. The van der Waals surface area contributed by atoms with Gasteiger partial charge in [-0.1, -0.05) is 0 Å². The summed E-state index contributed by atoms with van der Waals surface area (Å²) in [6.45, 7) is 6.58. The summed E-state index contributed by atoms with van der Waals surface area (Å²) in [5, 5.41) is 3.33. The SMILES string of the molecule is CCN(C(=O)C(C)OC)C1CCCNC1. The zero-order valence-corrected chi connectivity index (χ0v) is 9.95. The average Bonchev–Trinajstić information content (AvgIpc) is 2.30. The van der Waals surface area contributed by atoms with Gasteiger partial charge in [-0.2, -0.15) is 0 Å². The summed E-state index contributed by atoms with van der Waals surface area (Å²) < 4.78 is 5.07. The van der Waals surface area contributed by atoms with Gasteiger partial charge in [0.05, 0.1) is 0 Å². The first-order valence-corrected chi connectivity index (χ1v) is 5.74. The van der Waals surface area contributed by atoms with Crippen LogP contribution in [0.2, 0.25) is 0 Å². The Hall–Kier alpha value is -0.610. The van der Waals surface area contributed by atoms with Gasteiger partial charge in [0.15, 0.2) is 0 Å². The second-order valence-electron chi connectivity index (χ2n) is 4.00. The maximum Gasteiger partial charge on any atom is 0.251 e. The number of rotatable bonds is 4. The molecule has 4 heteroatoms. The zero-order chi connectivity index (χ0) is 11.3. The lowest BCUT2D eigenvalue weighted by molar-refractivity contribution is -0.143. The van der Waals surface area contributed by atoms with Crippen molar-refractivity contribution >= 4 is 5.91 Å². The monoisotopic (exact) mass is 214 g/mol. The Morgan fingerprint density at radius 1 is 1.67 bits per heavy atom. The molecule has 1 heterocycles. The molecule has 2 unspecified atom stereocenters. The molecule has 1 fully saturated rings. The van der Waals surface area contributed by atoms with Gasteiger partial charge in [0.1, 0.15) is 6.10 Å². The third-order valence-corrected chi connectivity index (χ3v) is 3.04. The van der Waals surface area contributed by atoms with Crippen LogP contribution in [0.5, 0.6) is 0 Å². The summed E-state index contributed by atoms with van der Waals surface area (Å²) in [6.07, 6.45) is 1.92. The van der Waals surface area contributed by atoms with E-state index in [2.05, 4.69) is 5.32 Å². The molecule has 0 aromatic carbocycles. The number of ether oxygens (including phenoxy) is 1. The number of nitrogens with zero attached hydrogens (tertiary/aromatic N) is 1. The van der Waals surface area contributed by atoms with Crippen molar-refractivity contribution in [2.45, 2.75) is 38.8 Å². The number of likely N-dealkylation sites (N-methyl/N-ethyl adjacent to an activating group) is 1. The number of carbonyl (C=O) groups excluding carboxylic acids is 1. The molecule has 0 radical (unpaired) electrons. The summed E-state index contributed by atoms with van der Waals surface area (Å²) >= 11 is 0. The third kappa shape index (κ3) is 3.18. The van der Waals surface area contributed by atoms with Gasteiger partial charge in [0.25, 0.3) is 5.91 Å². The smallest absolute Gasteiger partial charge is 0.251 e. The Kier molecular flexibility index (Phi) is 5.05. The van der Waals surface area contributed by atoms with Gasteiger partial charge in [-0.05, 0) is 33.2 Å². The normalized spacial score (nSPS) is 23.5. The number of piperidine rings is 1. The van der Waals surface area contributed by atoms with Crippen molar-refractivity contribution in [1.29, 1.82) is 0 Å². The predicted molar refractivity (Wildman–Crippen MR) is 59.7 cm³/mol. The molecule has 0 aromatic rings. The average molecular weight is 214 g/mol. The van der Waals surface area contributed by atoms with Gasteiger partial charge >= 0.3 is 0 Å². The first-order valence-electron chi connectivity index (χ1n) is 5.74. The Bertz CT molecular complexity index is 203. The molecule has 15 heavy (non-hydrogen) atoms. The van der Waals surface area contributed by atoms with Crippen LogP contribution in [0, 0.1) is 0 Å². The van der Waals surface area contributed by atoms with Gasteiger partial charge in [0, 0.05) is 26.2 Å². The highest BCUT2D eigenvalue weighted by atomic mass is 16.5. The minimum absolute atomic E-state index is 0.105. The van der Waals surface area contributed by atoms with Crippen LogP contribution >= 0.6 is 0 Å². The lowest BCUT2D eigenvalue weighted by Crippen LogP contribution is -2.51. The van der Waals surface area contributed by atoms with E-state index < -0.39 is 0 Å². The number of nitrogens with one attached hydrogen (secondary N) is 1. The fourth-order valence-electron chi connectivity index (χ4n) is 2.03. The minimum atomic E-state index is -0.327. The highest BCUT2D eigenvalue weighted by molar-refractivity contribution is 5.80. The summed E-state index contributed by atoms with van der Waals surface area (Å²) in [5.41, 5.74) is 0. The van der Waals surface area contributed by atoms with Crippen molar-refractivity contribution in [1.82, 2.24) is 10.2 Å². The maximum atomic E-state index is 12.0. The summed E-state index contributed by atoms with van der Waals surface area (Å²) in [7, 11) is 1.58. The van der Waals surface area contributed by atoms with E-state index in [0.717, 1.165) is 32.5 Å². The Morgan fingerprint density at radius 2 is 2.40 bits per heavy atom. The molecular weight excluding hydrogens is 192 g/mol. The fourth-order valence-corrected chi connectivity index (χ4v) is 2.03. The van der Waals surface area contributed by atoms with E-state index >= 15 is 0 Å². The molecule has 2 atom stereocenters.